The molecule has 1 aliphatic rings. The van der Waals surface area contributed by atoms with Crippen LogP contribution in [-0.4, -0.2) is 18.3 Å². The Morgan fingerprint density at radius 1 is 1.37 bits per heavy atom. The van der Waals surface area contributed by atoms with Crippen molar-refractivity contribution >= 4 is 5.78 Å². The zero-order valence-electron chi connectivity index (χ0n) is 10.8. The summed E-state index contributed by atoms with van der Waals surface area (Å²) in [6.07, 6.45) is 0.394. The molecular formula is C15H19F2NO. The van der Waals surface area contributed by atoms with E-state index in [0.29, 0.717) is 6.42 Å². The van der Waals surface area contributed by atoms with Gasteiger partial charge in [0.2, 0.25) is 5.92 Å². The van der Waals surface area contributed by atoms with Crippen molar-refractivity contribution in [1.82, 2.24) is 0 Å². The second-order valence-corrected chi connectivity index (χ2v) is 5.33. The number of nitrogens with two attached hydrogens (primary N) is 1. The van der Waals surface area contributed by atoms with Gasteiger partial charge >= 0.3 is 0 Å². The Hall–Kier alpha value is -1.29. The Morgan fingerprint density at radius 3 is 2.58 bits per heavy atom. The van der Waals surface area contributed by atoms with E-state index in [9.17, 15) is 13.6 Å². The van der Waals surface area contributed by atoms with Crippen LogP contribution in [0.1, 0.15) is 37.2 Å². The van der Waals surface area contributed by atoms with Crippen molar-refractivity contribution in [2.24, 2.45) is 11.7 Å². The molecule has 0 heterocycles. The van der Waals surface area contributed by atoms with E-state index in [-0.39, 0.29) is 43.4 Å². The number of rotatable bonds is 5. The maximum atomic E-state index is 13.1. The van der Waals surface area contributed by atoms with Gasteiger partial charge in [0.25, 0.3) is 0 Å². The van der Waals surface area contributed by atoms with Gasteiger partial charge in [-0.05, 0) is 17.9 Å². The monoisotopic (exact) mass is 267 g/mol. The van der Waals surface area contributed by atoms with Gasteiger partial charge in [0.1, 0.15) is 5.78 Å². The number of alkyl halides is 2. The summed E-state index contributed by atoms with van der Waals surface area (Å²) in [5.74, 6) is -3.16. The molecule has 0 amide bonds. The van der Waals surface area contributed by atoms with Gasteiger partial charge in [-0.3, -0.25) is 4.79 Å². The average Bonchev–Trinajstić information content (AvgIpc) is 2.71. The van der Waals surface area contributed by atoms with Crippen LogP contribution in [0.3, 0.4) is 0 Å². The van der Waals surface area contributed by atoms with Crippen molar-refractivity contribution in [3.8, 4) is 0 Å². The Kier molecular flexibility index (Phi) is 4.30. The molecule has 1 saturated carbocycles. The number of carbonyl (C=O) groups is 1. The molecule has 4 heteroatoms. The first kappa shape index (κ1) is 14.1. The quantitative estimate of drug-likeness (QED) is 0.890. The van der Waals surface area contributed by atoms with Gasteiger partial charge in [-0.25, -0.2) is 8.78 Å². The van der Waals surface area contributed by atoms with Gasteiger partial charge in [-0.2, -0.15) is 0 Å². The largest absolute Gasteiger partial charge is 0.329 e. The standard InChI is InChI=1S/C15H19F2NO/c16-15(17)7-6-11(9-15)8-14(19)13(10-18)12-4-2-1-3-5-12/h1-5,11,13H,6-10,18H2. The van der Waals surface area contributed by atoms with Crippen molar-refractivity contribution in [2.75, 3.05) is 6.54 Å². The van der Waals surface area contributed by atoms with Gasteiger partial charge in [0.05, 0.1) is 5.92 Å². The van der Waals surface area contributed by atoms with Crippen LogP contribution in [0.5, 0.6) is 0 Å². The minimum absolute atomic E-state index is 0.0172. The lowest BCUT2D eigenvalue weighted by Crippen LogP contribution is -2.23. The number of ketones is 1. The van der Waals surface area contributed by atoms with E-state index in [1.54, 1.807) is 0 Å². The number of benzene rings is 1. The fourth-order valence-electron chi connectivity index (χ4n) is 2.78. The second-order valence-electron chi connectivity index (χ2n) is 5.33. The molecule has 1 aliphatic carbocycles. The number of Topliss-reactive ketones (excluding diaryl/α,β-unsaturated/α-hetero) is 1. The van der Waals surface area contributed by atoms with Crippen LogP contribution in [0.4, 0.5) is 8.78 Å². The molecule has 2 N–H and O–H groups in total. The first-order chi connectivity index (χ1) is 9.02. The van der Waals surface area contributed by atoms with Crippen LogP contribution < -0.4 is 5.73 Å². The molecule has 2 unspecified atom stereocenters. The fourth-order valence-corrected chi connectivity index (χ4v) is 2.78. The van der Waals surface area contributed by atoms with E-state index in [0.717, 1.165) is 5.56 Å². The summed E-state index contributed by atoms with van der Waals surface area (Å²) < 4.78 is 26.2. The third-order valence-electron chi connectivity index (χ3n) is 3.82. The van der Waals surface area contributed by atoms with Crippen LogP contribution in [-0.2, 0) is 4.79 Å². The molecule has 2 rings (SSSR count). The van der Waals surface area contributed by atoms with E-state index in [1.165, 1.54) is 0 Å². The molecule has 1 aromatic carbocycles. The summed E-state index contributed by atoms with van der Waals surface area (Å²) in [6.45, 7) is 0.228. The summed E-state index contributed by atoms with van der Waals surface area (Å²) in [4.78, 5) is 12.2. The molecule has 19 heavy (non-hydrogen) atoms. The van der Waals surface area contributed by atoms with Gasteiger partial charge in [0.15, 0.2) is 0 Å². The van der Waals surface area contributed by atoms with E-state index in [1.807, 2.05) is 30.3 Å². The summed E-state index contributed by atoms with van der Waals surface area (Å²) in [6, 6.07) is 9.31. The predicted octanol–water partition coefficient (Wildman–Crippen LogP) is 3.12. The summed E-state index contributed by atoms with van der Waals surface area (Å²) in [7, 11) is 0. The third kappa shape index (κ3) is 3.60. The van der Waals surface area contributed by atoms with Crippen molar-refractivity contribution in [3.63, 3.8) is 0 Å². The molecule has 104 valence electrons. The van der Waals surface area contributed by atoms with Gasteiger partial charge < -0.3 is 5.73 Å². The fraction of sp³-hybridized carbons (Fsp3) is 0.533. The molecule has 0 saturated heterocycles. The van der Waals surface area contributed by atoms with Gasteiger partial charge in [-0.1, -0.05) is 30.3 Å². The van der Waals surface area contributed by atoms with Crippen LogP contribution in [0.15, 0.2) is 30.3 Å². The summed E-state index contributed by atoms with van der Waals surface area (Å²) >= 11 is 0. The molecular weight excluding hydrogens is 248 g/mol. The van der Waals surface area contributed by atoms with Crippen LogP contribution in [0.2, 0.25) is 0 Å². The van der Waals surface area contributed by atoms with Gasteiger partial charge in [-0.15, -0.1) is 0 Å². The molecule has 2 nitrogen and oxygen atoms in total. The minimum atomic E-state index is -2.59. The first-order valence-corrected chi connectivity index (χ1v) is 6.67. The van der Waals surface area contributed by atoms with E-state index < -0.39 is 5.92 Å². The topological polar surface area (TPSA) is 43.1 Å². The Labute approximate surface area is 112 Å². The Balaban J connectivity index is 1.99. The highest BCUT2D eigenvalue weighted by Gasteiger charge is 2.40. The highest BCUT2D eigenvalue weighted by atomic mass is 19.3. The summed E-state index contributed by atoms with van der Waals surface area (Å²) in [5, 5.41) is 0. The predicted molar refractivity (Wildman–Crippen MR) is 70.1 cm³/mol. The molecule has 0 spiro atoms. The number of hydrogen-bond donors (Lipinski definition) is 1. The zero-order valence-corrected chi connectivity index (χ0v) is 10.8. The lowest BCUT2D eigenvalue weighted by atomic mass is 9.88. The molecule has 1 fully saturated rings. The van der Waals surface area contributed by atoms with Crippen LogP contribution in [0.25, 0.3) is 0 Å². The molecule has 2 atom stereocenters. The van der Waals surface area contributed by atoms with Crippen LogP contribution in [0, 0.1) is 5.92 Å². The number of carbonyl (C=O) groups excluding carboxylic acids is 1. The lowest BCUT2D eigenvalue weighted by molar-refractivity contribution is -0.121. The lowest BCUT2D eigenvalue weighted by Gasteiger charge is -2.16. The molecule has 0 aromatic heterocycles. The Morgan fingerprint density at radius 2 is 2.05 bits per heavy atom. The number of hydrogen-bond acceptors (Lipinski definition) is 2. The molecule has 1 aromatic rings. The average molecular weight is 267 g/mol. The zero-order chi connectivity index (χ0) is 13.9. The SMILES string of the molecule is NCC(C(=O)CC1CCC(F)(F)C1)c1ccccc1. The number of halogens is 2. The smallest absolute Gasteiger partial charge is 0.248 e. The van der Waals surface area contributed by atoms with Crippen molar-refractivity contribution in [1.29, 1.82) is 0 Å². The molecule has 0 aliphatic heterocycles. The van der Waals surface area contributed by atoms with E-state index in [2.05, 4.69) is 0 Å². The summed E-state index contributed by atoms with van der Waals surface area (Å²) in [5.41, 5.74) is 6.54. The van der Waals surface area contributed by atoms with E-state index >= 15 is 0 Å². The van der Waals surface area contributed by atoms with E-state index in [4.69, 9.17) is 5.73 Å². The first-order valence-electron chi connectivity index (χ1n) is 6.67. The van der Waals surface area contributed by atoms with Crippen molar-refractivity contribution < 1.29 is 13.6 Å². The normalized spacial score (nSPS) is 23.2. The van der Waals surface area contributed by atoms with Gasteiger partial charge in [0, 0.05) is 25.8 Å². The van der Waals surface area contributed by atoms with Crippen LogP contribution >= 0.6 is 0 Å². The molecule has 0 radical (unpaired) electrons. The van der Waals surface area contributed by atoms with Crippen molar-refractivity contribution in [2.45, 2.75) is 37.5 Å². The highest BCUT2D eigenvalue weighted by molar-refractivity contribution is 5.86. The second kappa shape index (κ2) is 5.78. The van der Waals surface area contributed by atoms with Crippen molar-refractivity contribution in [3.05, 3.63) is 35.9 Å². The Bertz CT molecular complexity index is 433. The maximum Gasteiger partial charge on any atom is 0.248 e. The third-order valence-corrected chi connectivity index (χ3v) is 3.82. The minimum Gasteiger partial charge on any atom is -0.329 e. The molecule has 0 bridgehead atoms. The maximum absolute atomic E-state index is 13.1. The highest BCUT2D eigenvalue weighted by Crippen LogP contribution is 2.41.